The molecule has 17 heavy (non-hydrogen) atoms. The normalized spacial score (nSPS) is 11.6. The summed E-state index contributed by atoms with van der Waals surface area (Å²) in [6.07, 6.45) is -5.13. The third-order valence-corrected chi connectivity index (χ3v) is 2.16. The second kappa shape index (κ2) is 5.86. The molecule has 0 atom stereocenters. The summed E-state index contributed by atoms with van der Waals surface area (Å²) < 4.78 is 53.8. The summed E-state index contributed by atoms with van der Waals surface area (Å²) in [7, 11) is 1.33. The molecule has 1 aromatic rings. The molecule has 0 unspecified atom stereocenters. The molecule has 0 saturated carbocycles. The molecule has 0 spiro atoms. The second-order valence-electron chi connectivity index (χ2n) is 3.48. The van der Waals surface area contributed by atoms with Crippen LogP contribution in [0.1, 0.15) is 12.0 Å². The molecule has 96 valence electrons. The minimum atomic E-state index is -4.19. The van der Waals surface area contributed by atoms with E-state index in [0.29, 0.717) is 0 Å². The lowest BCUT2D eigenvalue weighted by molar-refractivity contribution is -0.133. The van der Waals surface area contributed by atoms with Crippen LogP contribution in [0.2, 0.25) is 0 Å². The maximum absolute atomic E-state index is 13.5. The highest BCUT2D eigenvalue weighted by Gasteiger charge is 2.25. The van der Waals surface area contributed by atoms with Gasteiger partial charge in [0.05, 0.1) is 13.5 Å². The average molecular weight is 251 g/mol. The van der Waals surface area contributed by atoms with E-state index in [4.69, 9.17) is 4.74 Å². The maximum atomic E-state index is 13.5. The van der Waals surface area contributed by atoms with E-state index in [-0.39, 0.29) is 24.4 Å². The van der Waals surface area contributed by atoms with Crippen molar-refractivity contribution in [3.05, 3.63) is 29.6 Å². The monoisotopic (exact) mass is 251 g/mol. The van der Waals surface area contributed by atoms with Gasteiger partial charge in [0, 0.05) is 18.7 Å². The van der Waals surface area contributed by atoms with Crippen LogP contribution in [0, 0.1) is 5.82 Å². The van der Waals surface area contributed by atoms with Gasteiger partial charge in [-0.05, 0) is 6.07 Å². The molecule has 0 aliphatic heterocycles. The molecule has 0 bridgehead atoms. The fourth-order valence-electron chi connectivity index (χ4n) is 1.30. The van der Waals surface area contributed by atoms with Crippen LogP contribution in [0.4, 0.5) is 17.6 Å². The molecular weight excluding hydrogens is 238 g/mol. The summed E-state index contributed by atoms with van der Waals surface area (Å²) in [5.74, 6) is -0.463. The van der Waals surface area contributed by atoms with Gasteiger partial charge in [-0.1, -0.05) is 12.1 Å². The first-order valence-electron chi connectivity index (χ1n) is 5.03. The Labute approximate surface area is 96.6 Å². The standard InChI is InChI=1S/C11H13F4NO/c1-17-9-4-2-3-8(10(9)12)7-16-6-5-11(13,14)15/h2-4,16H,5-7H2,1H3. The SMILES string of the molecule is COc1cccc(CNCCC(F)(F)F)c1F. The molecule has 0 aliphatic carbocycles. The van der Waals surface area contributed by atoms with Gasteiger partial charge in [0.1, 0.15) is 0 Å². The van der Waals surface area contributed by atoms with E-state index >= 15 is 0 Å². The zero-order valence-electron chi connectivity index (χ0n) is 9.27. The molecule has 6 heteroatoms. The number of benzene rings is 1. The van der Waals surface area contributed by atoms with Crippen molar-refractivity contribution < 1.29 is 22.3 Å². The summed E-state index contributed by atoms with van der Waals surface area (Å²) in [6, 6.07) is 4.54. The number of hydrogen-bond acceptors (Lipinski definition) is 2. The lowest BCUT2D eigenvalue weighted by Crippen LogP contribution is -2.21. The highest BCUT2D eigenvalue weighted by atomic mass is 19.4. The van der Waals surface area contributed by atoms with E-state index in [1.54, 1.807) is 6.07 Å². The number of ether oxygens (including phenoxy) is 1. The predicted octanol–water partition coefficient (Wildman–Crippen LogP) is 2.88. The Balaban J connectivity index is 2.47. The highest BCUT2D eigenvalue weighted by molar-refractivity contribution is 5.30. The largest absolute Gasteiger partial charge is 0.494 e. The van der Waals surface area contributed by atoms with Crippen LogP contribution in [0.15, 0.2) is 18.2 Å². The predicted molar refractivity (Wildman–Crippen MR) is 55.3 cm³/mol. The molecule has 0 heterocycles. The summed E-state index contributed by atoms with van der Waals surface area (Å²) in [6.45, 7) is -0.195. The lowest BCUT2D eigenvalue weighted by atomic mass is 10.2. The lowest BCUT2D eigenvalue weighted by Gasteiger charge is -2.09. The van der Waals surface area contributed by atoms with E-state index in [9.17, 15) is 17.6 Å². The van der Waals surface area contributed by atoms with Gasteiger partial charge in [0.15, 0.2) is 11.6 Å². The third kappa shape index (κ3) is 4.60. The smallest absolute Gasteiger partial charge is 0.390 e. The summed E-state index contributed by atoms with van der Waals surface area (Å²) in [4.78, 5) is 0. The molecule has 1 aromatic carbocycles. The Morgan fingerprint density at radius 2 is 2.00 bits per heavy atom. The van der Waals surface area contributed by atoms with Crippen LogP contribution < -0.4 is 10.1 Å². The molecule has 0 aliphatic rings. The van der Waals surface area contributed by atoms with Crippen molar-refractivity contribution in [2.24, 2.45) is 0 Å². The van der Waals surface area contributed by atoms with Crippen LogP contribution in [0.25, 0.3) is 0 Å². The molecule has 0 saturated heterocycles. The van der Waals surface area contributed by atoms with Crippen LogP contribution in [-0.4, -0.2) is 19.8 Å². The molecular formula is C11H13F4NO. The number of hydrogen-bond donors (Lipinski definition) is 1. The fraction of sp³-hybridized carbons (Fsp3) is 0.455. The van der Waals surface area contributed by atoms with Gasteiger partial charge in [-0.2, -0.15) is 13.2 Å². The van der Waals surface area contributed by atoms with Gasteiger partial charge in [0.25, 0.3) is 0 Å². The van der Waals surface area contributed by atoms with Crippen LogP contribution >= 0.6 is 0 Å². The van der Waals surface area contributed by atoms with Crippen molar-refractivity contribution in [1.29, 1.82) is 0 Å². The average Bonchev–Trinajstić information content (AvgIpc) is 2.25. The molecule has 0 radical (unpaired) electrons. The zero-order chi connectivity index (χ0) is 12.9. The molecule has 0 aromatic heterocycles. The molecule has 1 N–H and O–H groups in total. The third-order valence-electron chi connectivity index (χ3n) is 2.16. The van der Waals surface area contributed by atoms with E-state index in [2.05, 4.69) is 5.32 Å². The van der Waals surface area contributed by atoms with E-state index in [1.165, 1.54) is 19.2 Å². The first kappa shape index (κ1) is 13.8. The van der Waals surface area contributed by atoms with Crippen molar-refractivity contribution in [2.45, 2.75) is 19.1 Å². The Kier molecular flexibility index (Phi) is 4.74. The van der Waals surface area contributed by atoms with Crippen LogP contribution in [-0.2, 0) is 6.54 Å². The first-order chi connectivity index (χ1) is 7.94. The van der Waals surface area contributed by atoms with Crippen molar-refractivity contribution in [3.8, 4) is 5.75 Å². The van der Waals surface area contributed by atoms with Crippen molar-refractivity contribution in [2.75, 3.05) is 13.7 Å². The van der Waals surface area contributed by atoms with Crippen LogP contribution in [0.3, 0.4) is 0 Å². The Morgan fingerprint density at radius 3 is 2.59 bits per heavy atom. The minimum absolute atomic E-state index is 0.0408. The van der Waals surface area contributed by atoms with Crippen molar-refractivity contribution >= 4 is 0 Å². The molecule has 0 fully saturated rings. The van der Waals surface area contributed by atoms with Crippen molar-refractivity contribution in [1.82, 2.24) is 5.32 Å². The van der Waals surface area contributed by atoms with Gasteiger partial charge >= 0.3 is 6.18 Å². The van der Waals surface area contributed by atoms with Gasteiger partial charge in [-0.15, -0.1) is 0 Å². The molecule has 1 rings (SSSR count). The number of rotatable bonds is 5. The Morgan fingerprint density at radius 1 is 1.29 bits per heavy atom. The Bertz CT molecular complexity index is 365. The topological polar surface area (TPSA) is 21.3 Å². The van der Waals surface area contributed by atoms with Crippen molar-refractivity contribution in [3.63, 3.8) is 0 Å². The quantitative estimate of drug-likeness (QED) is 0.641. The number of halogens is 4. The van der Waals surface area contributed by atoms with E-state index in [0.717, 1.165) is 0 Å². The van der Waals surface area contributed by atoms with E-state index < -0.39 is 18.4 Å². The first-order valence-corrected chi connectivity index (χ1v) is 5.03. The number of methoxy groups -OCH3 is 1. The number of nitrogens with one attached hydrogen (secondary N) is 1. The van der Waals surface area contributed by atoms with Gasteiger partial charge < -0.3 is 10.1 Å². The van der Waals surface area contributed by atoms with Gasteiger partial charge in [0.2, 0.25) is 0 Å². The summed E-state index contributed by atoms with van der Waals surface area (Å²) in [5.41, 5.74) is 0.284. The van der Waals surface area contributed by atoms with Gasteiger partial charge in [-0.3, -0.25) is 0 Å². The minimum Gasteiger partial charge on any atom is -0.494 e. The second-order valence-corrected chi connectivity index (χ2v) is 3.48. The summed E-state index contributed by atoms with van der Waals surface area (Å²) >= 11 is 0. The van der Waals surface area contributed by atoms with Crippen LogP contribution in [0.5, 0.6) is 5.75 Å². The van der Waals surface area contributed by atoms with Gasteiger partial charge in [-0.25, -0.2) is 4.39 Å². The number of alkyl halides is 3. The summed E-state index contributed by atoms with van der Waals surface area (Å²) in [5, 5.41) is 2.53. The maximum Gasteiger partial charge on any atom is 0.390 e. The zero-order valence-corrected chi connectivity index (χ0v) is 9.27. The highest BCUT2D eigenvalue weighted by Crippen LogP contribution is 2.20. The molecule has 2 nitrogen and oxygen atoms in total. The fourth-order valence-corrected chi connectivity index (χ4v) is 1.30. The Hall–Kier alpha value is -1.30. The van der Waals surface area contributed by atoms with E-state index in [1.807, 2.05) is 0 Å². The molecule has 0 amide bonds.